The number of amides is 2. The van der Waals surface area contributed by atoms with Crippen LogP contribution in [0.5, 0.6) is 0 Å². The Morgan fingerprint density at radius 3 is 2.12 bits per heavy atom. The van der Waals surface area contributed by atoms with E-state index in [2.05, 4.69) is 16.0 Å². The summed E-state index contributed by atoms with van der Waals surface area (Å²) in [7, 11) is 0. The minimum atomic E-state index is -0.121. The fourth-order valence-corrected chi connectivity index (χ4v) is 2.44. The molecule has 0 saturated carbocycles. The van der Waals surface area contributed by atoms with Gasteiger partial charge in [0, 0.05) is 23.8 Å². The summed E-state index contributed by atoms with van der Waals surface area (Å²) in [5.74, 6) is -0.172. The Labute approximate surface area is 148 Å². The molecule has 0 aliphatic heterocycles. The van der Waals surface area contributed by atoms with Crippen LogP contribution < -0.4 is 16.0 Å². The number of nitrogens with one attached hydrogen (secondary N) is 3. The highest BCUT2D eigenvalue weighted by atomic mass is 16.2. The number of carbonyl (C=O) groups is 2. The lowest BCUT2D eigenvalue weighted by Gasteiger charge is -2.16. The standard InChI is InChI=1S/C20H25N3O2/c1-4-19(24)22-17-11-8-12-18(14(17)2)23-20(25)13-21-15(3)16-9-6-5-7-10-16/h5-12,15,21H,4,13H2,1-3H3,(H,22,24)(H,23,25). The molecule has 2 amide bonds. The Bertz CT molecular complexity index is 729. The third kappa shape index (κ3) is 5.43. The van der Waals surface area contributed by atoms with Crippen LogP contribution in [-0.4, -0.2) is 18.4 Å². The van der Waals surface area contributed by atoms with Gasteiger partial charge in [0.2, 0.25) is 11.8 Å². The Hall–Kier alpha value is -2.66. The van der Waals surface area contributed by atoms with Gasteiger partial charge in [-0.15, -0.1) is 0 Å². The SMILES string of the molecule is CCC(=O)Nc1cccc(NC(=O)CNC(C)c2ccccc2)c1C. The summed E-state index contributed by atoms with van der Waals surface area (Å²) in [6, 6.07) is 15.5. The van der Waals surface area contributed by atoms with Gasteiger partial charge in [-0.2, -0.15) is 0 Å². The highest BCUT2D eigenvalue weighted by Crippen LogP contribution is 2.23. The van der Waals surface area contributed by atoms with Crippen molar-refractivity contribution in [1.82, 2.24) is 5.32 Å². The van der Waals surface area contributed by atoms with Crippen molar-refractivity contribution in [2.24, 2.45) is 0 Å². The van der Waals surface area contributed by atoms with Crippen molar-refractivity contribution in [3.05, 3.63) is 59.7 Å². The largest absolute Gasteiger partial charge is 0.326 e. The fourth-order valence-electron chi connectivity index (χ4n) is 2.44. The number of hydrogen-bond donors (Lipinski definition) is 3. The van der Waals surface area contributed by atoms with Crippen LogP contribution in [0, 0.1) is 6.92 Å². The molecule has 0 saturated heterocycles. The number of carbonyl (C=O) groups excluding carboxylic acids is 2. The van der Waals surface area contributed by atoms with Gasteiger partial charge in [0.05, 0.1) is 6.54 Å². The molecule has 1 atom stereocenters. The van der Waals surface area contributed by atoms with Crippen molar-refractivity contribution in [3.8, 4) is 0 Å². The smallest absolute Gasteiger partial charge is 0.238 e. The summed E-state index contributed by atoms with van der Waals surface area (Å²) < 4.78 is 0. The predicted octanol–water partition coefficient (Wildman–Crippen LogP) is 3.63. The van der Waals surface area contributed by atoms with E-state index in [0.29, 0.717) is 12.1 Å². The van der Waals surface area contributed by atoms with Crippen LogP contribution in [0.3, 0.4) is 0 Å². The lowest BCUT2D eigenvalue weighted by atomic mass is 10.1. The van der Waals surface area contributed by atoms with E-state index >= 15 is 0 Å². The highest BCUT2D eigenvalue weighted by Gasteiger charge is 2.11. The second kappa shape index (κ2) is 8.99. The average molecular weight is 339 g/mol. The lowest BCUT2D eigenvalue weighted by molar-refractivity contribution is -0.116. The minimum absolute atomic E-state index is 0.0510. The summed E-state index contributed by atoms with van der Waals surface area (Å²) in [6.45, 7) is 5.91. The molecule has 0 spiro atoms. The number of hydrogen-bond acceptors (Lipinski definition) is 3. The maximum absolute atomic E-state index is 12.2. The van der Waals surface area contributed by atoms with Crippen LogP contribution in [0.4, 0.5) is 11.4 Å². The molecule has 0 radical (unpaired) electrons. The highest BCUT2D eigenvalue weighted by molar-refractivity contribution is 5.96. The predicted molar refractivity (Wildman–Crippen MR) is 102 cm³/mol. The zero-order valence-electron chi connectivity index (χ0n) is 14.9. The molecule has 5 heteroatoms. The first-order valence-electron chi connectivity index (χ1n) is 8.49. The average Bonchev–Trinajstić information content (AvgIpc) is 2.63. The Kier molecular flexibility index (Phi) is 6.71. The minimum Gasteiger partial charge on any atom is -0.326 e. The maximum Gasteiger partial charge on any atom is 0.238 e. The van der Waals surface area contributed by atoms with E-state index < -0.39 is 0 Å². The molecule has 132 valence electrons. The number of rotatable bonds is 7. The van der Waals surface area contributed by atoms with Crippen LogP contribution in [-0.2, 0) is 9.59 Å². The second-order valence-corrected chi connectivity index (χ2v) is 5.94. The summed E-state index contributed by atoms with van der Waals surface area (Å²) in [4.78, 5) is 23.8. The van der Waals surface area contributed by atoms with Crippen molar-refractivity contribution in [1.29, 1.82) is 0 Å². The molecule has 3 N–H and O–H groups in total. The van der Waals surface area contributed by atoms with Crippen molar-refractivity contribution in [2.45, 2.75) is 33.2 Å². The Morgan fingerprint density at radius 2 is 1.52 bits per heavy atom. The fraction of sp³-hybridized carbons (Fsp3) is 0.300. The quantitative estimate of drug-likeness (QED) is 0.721. The third-order valence-corrected chi connectivity index (χ3v) is 4.07. The Morgan fingerprint density at radius 1 is 0.920 bits per heavy atom. The van der Waals surface area contributed by atoms with E-state index in [0.717, 1.165) is 16.8 Å². The van der Waals surface area contributed by atoms with Crippen LogP contribution >= 0.6 is 0 Å². The van der Waals surface area contributed by atoms with Gasteiger partial charge in [-0.1, -0.05) is 43.3 Å². The van der Waals surface area contributed by atoms with Gasteiger partial charge in [-0.3, -0.25) is 9.59 Å². The molecule has 0 aliphatic carbocycles. The van der Waals surface area contributed by atoms with E-state index in [1.807, 2.05) is 62.4 Å². The molecule has 25 heavy (non-hydrogen) atoms. The van der Waals surface area contributed by atoms with Gasteiger partial charge in [0.1, 0.15) is 0 Å². The van der Waals surface area contributed by atoms with Gasteiger partial charge in [-0.25, -0.2) is 0 Å². The van der Waals surface area contributed by atoms with E-state index in [4.69, 9.17) is 0 Å². The molecule has 0 heterocycles. The lowest BCUT2D eigenvalue weighted by Crippen LogP contribution is -2.30. The van der Waals surface area contributed by atoms with E-state index in [1.54, 1.807) is 6.92 Å². The summed E-state index contributed by atoms with van der Waals surface area (Å²) in [5, 5.41) is 8.95. The molecular weight excluding hydrogens is 314 g/mol. The van der Waals surface area contributed by atoms with E-state index in [1.165, 1.54) is 0 Å². The molecule has 1 unspecified atom stereocenters. The zero-order valence-corrected chi connectivity index (χ0v) is 14.9. The first-order chi connectivity index (χ1) is 12.0. The van der Waals surface area contributed by atoms with Crippen molar-refractivity contribution in [3.63, 3.8) is 0 Å². The van der Waals surface area contributed by atoms with Gasteiger partial charge >= 0.3 is 0 Å². The van der Waals surface area contributed by atoms with Crippen LogP contribution in [0.15, 0.2) is 48.5 Å². The molecule has 2 aromatic carbocycles. The second-order valence-electron chi connectivity index (χ2n) is 5.94. The Balaban J connectivity index is 1.94. The van der Waals surface area contributed by atoms with Crippen molar-refractivity contribution < 1.29 is 9.59 Å². The maximum atomic E-state index is 12.2. The molecule has 0 bridgehead atoms. The number of benzene rings is 2. The van der Waals surface area contributed by atoms with Gasteiger partial charge < -0.3 is 16.0 Å². The van der Waals surface area contributed by atoms with E-state index in [-0.39, 0.29) is 24.4 Å². The van der Waals surface area contributed by atoms with Gasteiger partial charge in [-0.05, 0) is 37.1 Å². The normalized spacial score (nSPS) is 11.6. The van der Waals surface area contributed by atoms with Gasteiger partial charge in [0.15, 0.2) is 0 Å². The first-order valence-corrected chi connectivity index (χ1v) is 8.49. The molecule has 5 nitrogen and oxygen atoms in total. The molecule has 0 aliphatic rings. The third-order valence-electron chi connectivity index (χ3n) is 4.07. The topological polar surface area (TPSA) is 70.2 Å². The molecule has 2 aromatic rings. The molecule has 0 aromatic heterocycles. The molecular formula is C20H25N3O2. The summed E-state index contributed by atoms with van der Waals surface area (Å²) in [6.07, 6.45) is 0.414. The summed E-state index contributed by atoms with van der Waals surface area (Å²) >= 11 is 0. The van der Waals surface area contributed by atoms with Crippen molar-refractivity contribution >= 4 is 23.2 Å². The number of anilines is 2. The summed E-state index contributed by atoms with van der Waals surface area (Å²) in [5.41, 5.74) is 3.40. The molecule has 0 fully saturated rings. The first kappa shape index (κ1) is 18.7. The van der Waals surface area contributed by atoms with Gasteiger partial charge in [0.25, 0.3) is 0 Å². The van der Waals surface area contributed by atoms with Crippen molar-refractivity contribution in [2.75, 3.05) is 17.2 Å². The van der Waals surface area contributed by atoms with Crippen LogP contribution in [0.1, 0.15) is 37.4 Å². The zero-order chi connectivity index (χ0) is 18.2. The van der Waals surface area contributed by atoms with Crippen LogP contribution in [0.25, 0.3) is 0 Å². The molecule has 2 rings (SSSR count). The van der Waals surface area contributed by atoms with E-state index in [9.17, 15) is 9.59 Å². The monoisotopic (exact) mass is 339 g/mol. The van der Waals surface area contributed by atoms with Crippen LogP contribution in [0.2, 0.25) is 0 Å².